The van der Waals surface area contributed by atoms with Crippen molar-refractivity contribution in [3.63, 3.8) is 0 Å². The number of aromatic amines is 1. The molecule has 0 amide bonds. The number of rotatable bonds is 7. The quantitative estimate of drug-likeness (QED) is 0.695. The Labute approximate surface area is 156 Å². The number of aryl methyl sites for hydroxylation is 1. The standard InChI is InChI=1S/C20H24N4O3/c1-4-13-27-15-10-7-14(8-11-15)9-12-16-21-17-18(22-16)23(5-2)20(26)24(6-3)19(17)25/h7-12H,4-6,13H2,1-3H3,(H,21,22)/b12-9+. The van der Waals surface area contributed by atoms with Crippen LogP contribution in [0.15, 0.2) is 33.9 Å². The molecule has 0 saturated carbocycles. The molecule has 0 spiro atoms. The third-order valence-electron chi connectivity index (χ3n) is 4.30. The van der Waals surface area contributed by atoms with Crippen molar-refractivity contribution in [2.45, 2.75) is 40.3 Å². The lowest BCUT2D eigenvalue weighted by Crippen LogP contribution is -2.39. The maximum atomic E-state index is 12.5. The minimum atomic E-state index is -0.341. The topological polar surface area (TPSA) is 81.9 Å². The van der Waals surface area contributed by atoms with Crippen LogP contribution in [0.5, 0.6) is 5.75 Å². The van der Waals surface area contributed by atoms with Gasteiger partial charge in [-0.05, 0) is 44.0 Å². The first kappa shape index (κ1) is 18.7. The molecule has 0 aliphatic rings. The van der Waals surface area contributed by atoms with E-state index in [9.17, 15) is 9.59 Å². The summed E-state index contributed by atoms with van der Waals surface area (Å²) in [5, 5.41) is 0. The molecular formula is C20H24N4O3. The molecule has 1 aromatic carbocycles. The molecule has 7 nitrogen and oxygen atoms in total. The van der Waals surface area contributed by atoms with Crippen LogP contribution in [0, 0.1) is 0 Å². The van der Waals surface area contributed by atoms with Crippen LogP contribution in [0.25, 0.3) is 23.3 Å². The van der Waals surface area contributed by atoms with Crippen LogP contribution < -0.4 is 16.0 Å². The molecule has 142 valence electrons. The predicted octanol–water partition coefficient (Wildman–Crippen LogP) is 2.89. The van der Waals surface area contributed by atoms with Gasteiger partial charge in [0.25, 0.3) is 5.56 Å². The summed E-state index contributed by atoms with van der Waals surface area (Å²) in [5.74, 6) is 1.37. The number of hydrogen-bond donors (Lipinski definition) is 1. The van der Waals surface area contributed by atoms with Gasteiger partial charge < -0.3 is 9.72 Å². The van der Waals surface area contributed by atoms with E-state index in [1.54, 1.807) is 13.0 Å². The zero-order valence-electron chi connectivity index (χ0n) is 15.9. The number of nitrogens with one attached hydrogen (secondary N) is 1. The van der Waals surface area contributed by atoms with Gasteiger partial charge in [0.1, 0.15) is 17.1 Å². The van der Waals surface area contributed by atoms with Crippen LogP contribution in [0.3, 0.4) is 0 Å². The fourth-order valence-electron chi connectivity index (χ4n) is 2.90. The minimum Gasteiger partial charge on any atom is -0.494 e. The molecule has 0 radical (unpaired) electrons. The largest absolute Gasteiger partial charge is 0.494 e. The second-order valence-electron chi connectivity index (χ2n) is 6.15. The third-order valence-corrected chi connectivity index (χ3v) is 4.30. The Morgan fingerprint density at radius 2 is 1.74 bits per heavy atom. The smallest absolute Gasteiger partial charge is 0.332 e. The van der Waals surface area contributed by atoms with E-state index in [0.29, 0.717) is 36.7 Å². The normalized spacial score (nSPS) is 11.5. The van der Waals surface area contributed by atoms with E-state index in [0.717, 1.165) is 17.7 Å². The van der Waals surface area contributed by atoms with Gasteiger partial charge >= 0.3 is 5.69 Å². The van der Waals surface area contributed by atoms with E-state index in [1.807, 2.05) is 37.3 Å². The lowest BCUT2D eigenvalue weighted by Gasteiger charge is -2.06. The van der Waals surface area contributed by atoms with Crippen molar-refractivity contribution < 1.29 is 4.74 Å². The molecule has 0 bridgehead atoms. The van der Waals surface area contributed by atoms with Gasteiger partial charge in [0.2, 0.25) is 0 Å². The van der Waals surface area contributed by atoms with Crippen LogP contribution in [0.4, 0.5) is 0 Å². The average Bonchev–Trinajstić information content (AvgIpc) is 3.10. The van der Waals surface area contributed by atoms with E-state index in [1.165, 1.54) is 9.13 Å². The number of hydrogen-bond acceptors (Lipinski definition) is 4. The van der Waals surface area contributed by atoms with Crippen molar-refractivity contribution in [1.82, 2.24) is 19.1 Å². The number of aromatic nitrogens is 4. The summed E-state index contributed by atoms with van der Waals surface area (Å²) in [4.78, 5) is 32.4. The van der Waals surface area contributed by atoms with E-state index < -0.39 is 0 Å². The summed E-state index contributed by atoms with van der Waals surface area (Å²) < 4.78 is 8.30. The van der Waals surface area contributed by atoms with Crippen LogP contribution in [-0.4, -0.2) is 25.7 Å². The maximum absolute atomic E-state index is 12.5. The second-order valence-corrected chi connectivity index (χ2v) is 6.15. The maximum Gasteiger partial charge on any atom is 0.332 e. The molecule has 0 atom stereocenters. The molecule has 27 heavy (non-hydrogen) atoms. The Balaban J connectivity index is 1.94. The van der Waals surface area contributed by atoms with Crippen molar-refractivity contribution in [3.05, 3.63) is 56.5 Å². The van der Waals surface area contributed by atoms with Crippen LogP contribution in [0.2, 0.25) is 0 Å². The van der Waals surface area contributed by atoms with Gasteiger partial charge in [-0.25, -0.2) is 9.78 Å². The van der Waals surface area contributed by atoms with Crippen LogP contribution in [-0.2, 0) is 13.1 Å². The molecular weight excluding hydrogens is 344 g/mol. The Morgan fingerprint density at radius 1 is 1.04 bits per heavy atom. The first-order chi connectivity index (χ1) is 13.1. The van der Waals surface area contributed by atoms with Crippen molar-refractivity contribution >= 4 is 23.3 Å². The average molecular weight is 368 g/mol. The monoisotopic (exact) mass is 368 g/mol. The summed E-state index contributed by atoms with van der Waals surface area (Å²) in [7, 11) is 0. The van der Waals surface area contributed by atoms with Crippen molar-refractivity contribution in [2.75, 3.05) is 6.61 Å². The Morgan fingerprint density at radius 3 is 2.37 bits per heavy atom. The second kappa shape index (κ2) is 8.07. The highest BCUT2D eigenvalue weighted by Gasteiger charge is 2.14. The number of ether oxygens (including phenoxy) is 1. The first-order valence-corrected chi connectivity index (χ1v) is 9.23. The molecule has 7 heteroatoms. The number of benzene rings is 1. The molecule has 0 aliphatic carbocycles. The number of H-pyrrole nitrogens is 1. The van der Waals surface area contributed by atoms with Crippen molar-refractivity contribution in [2.24, 2.45) is 0 Å². The third kappa shape index (κ3) is 3.72. The zero-order chi connectivity index (χ0) is 19.4. The van der Waals surface area contributed by atoms with Crippen molar-refractivity contribution in [3.8, 4) is 5.75 Å². The Hall–Kier alpha value is -3.09. The lowest BCUT2D eigenvalue weighted by atomic mass is 10.2. The number of imidazole rings is 1. The summed E-state index contributed by atoms with van der Waals surface area (Å²) in [6, 6.07) is 7.75. The molecule has 2 heterocycles. The molecule has 3 rings (SSSR count). The number of nitrogens with zero attached hydrogens (tertiary/aromatic N) is 3. The highest BCUT2D eigenvalue weighted by molar-refractivity contribution is 5.75. The molecule has 0 fully saturated rings. The van der Waals surface area contributed by atoms with E-state index in [2.05, 4.69) is 16.9 Å². The van der Waals surface area contributed by atoms with Gasteiger partial charge in [0.15, 0.2) is 5.65 Å². The van der Waals surface area contributed by atoms with Gasteiger partial charge in [-0.3, -0.25) is 13.9 Å². The zero-order valence-corrected chi connectivity index (χ0v) is 15.9. The number of fused-ring (bicyclic) bond motifs is 1. The highest BCUT2D eigenvalue weighted by Crippen LogP contribution is 2.15. The predicted molar refractivity (Wildman–Crippen MR) is 107 cm³/mol. The fraction of sp³-hybridized carbons (Fsp3) is 0.350. The minimum absolute atomic E-state index is 0.324. The molecule has 0 unspecified atom stereocenters. The van der Waals surface area contributed by atoms with Crippen LogP contribution in [0.1, 0.15) is 38.6 Å². The summed E-state index contributed by atoms with van der Waals surface area (Å²) in [5.41, 5.74) is 1.05. The van der Waals surface area contributed by atoms with Gasteiger partial charge in [-0.2, -0.15) is 0 Å². The Bertz CT molecular complexity index is 1070. The SMILES string of the molecule is CCCOc1ccc(/C=C/c2nc3c([nH]2)c(=O)n(CC)c(=O)n3CC)cc1. The van der Waals surface area contributed by atoms with Gasteiger partial charge in [-0.1, -0.05) is 25.1 Å². The summed E-state index contributed by atoms with van der Waals surface area (Å²) >= 11 is 0. The van der Waals surface area contributed by atoms with Gasteiger partial charge in [0.05, 0.1) is 6.61 Å². The lowest BCUT2D eigenvalue weighted by molar-refractivity contribution is 0.317. The Kier molecular flexibility index (Phi) is 5.59. The highest BCUT2D eigenvalue weighted by atomic mass is 16.5. The first-order valence-electron chi connectivity index (χ1n) is 9.23. The molecule has 3 aromatic rings. The van der Waals surface area contributed by atoms with Gasteiger partial charge in [-0.15, -0.1) is 0 Å². The molecule has 0 aliphatic heterocycles. The van der Waals surface area contributed by atoms with Gasteiger partial charge in [0, 0.05) is 13.1 Å². The molecule has 1 N–H and O–H groups in total. The van der Waals surface area contributed by atoms with Crippen LogP contribution >= 0.6 is 0 Å². The fourth-order valence-corrected chi connectivity index (χ4v) is 2.90. The van der Waals surface area contributed by atoms with E-state index in [4.69, 9.17) is 4.74 Å². The van der Waals surface area contributed by atoms with E-state index in [-0.39, 0.29) is 11.2 Å². The van der Waals surface area contributed by atoms with Crippen molar-refractivity contribution in [1.29, 1.82) is 0 Å². The molecule has 2 aromatic heterocycles. The summed E-state index contributed by atoms with van der Waals surface area (Å²) in [6.45, 7) is 7.17. The molecule has 0 saturated heterocycles. The summed E-state index contributed by atoms with van der Waals surface area (Å²) in [6.07, 6.45) is 4.66. The van der Waals surface area contributed by atoms with E-state index >= 15 is 0 Å².